The van der Waals surface area contributed by atoms with Gasteiger partial charge in [-0.3, -0.25) is 4.79 Å². The fourth-order valence-corrected chi connectivity index (χ4v) is 3.54. The summed E-state index contributed by atoms with van der Waals surface area (Å²) >= 11 is 0. The average Bonchev–Trinajstić information content (AvgIpc) is 2.77. The summed E-state index contributed by atoms with van der Waals surface area (Å²) in [7, 11) is 0. The summed E-state index contributed by atoms with van der Waals surface area (Å²) in [5, 5.41) is 5.37. The summed E-state index contributed by atoms with van der Waals surface area (Å²) < 4.78 is 5.41. The normalized spacial score (nSPS) is 15.4. The van der Waals surface area contributed by atoms with E-state index in [2.05, 4.69) is 39.5 Å². The standard InChI is InChI=1S/C22H24N4O2/c23-15-20(18-8-7-16-4-1-2-5-17(16)14-18)25-22(27)19-6-3-9-24-21(19)26-10-12-28-13-11-26/h1-9,14,20H,10-13,15,23H2,(H,25,27). The second kappa shape index (κ2) is 8.37. The molecule has 0 spiro atoms. The number of nitrogens with two attached hydrogens (primary N) is 1. The number of nitrogens with one attached hydrogen (secondary N) is 1. The Kier molecular flexibility index (Phi) is 5.50. The molecule has 6 heteroatoms. The minimum atomic E-state index is -0.269. The van der Waals surface area contributed by atoms with Gasteiger partial charge < -0.3 is 20.7 Å². The van der Waals surface area contributed by atoms with Gasteiger partial charge in [-0.1, -0.05) is 36.4 Å². The minimum Gasteiger partial charge on any atom is -0.378 e. The molecule has 1 aromatic heterocycles. The Hall–Kier alpha value is -2.96. The van der Waals surface area contributed by atoms with Gasteiger partial charge in [0.05, 0.1) is 24.8 Å². The molecule has 0 radical (unpaired) electrons. The van der Waals surface area contributed by atoms with E-state index in [1.807, 2.05) is 18.2 Å². The van der Waals surface area contributed by atoms with E-state index in [1.165, 1.54) is 0 Å². The van der Waals surface area contributed by atoms with Gasteiger partial charge in [-0.25, -0.2) is 4.98 Å². The number of anilines is 1. The maximum absolute atomic E-state index is 13.0. The number of morpholine rings is 1. The summed E-state index contributed by atoms with van der Waals surface area (Å²) in [5.41, 5.74) is 7.55. The molecular formula is C22H24N4O2. The molecule has 1 aliphatic heterocycles. The van der Waals surface area contributed by atoms with Crippen molar-refractivity contribution in [3.05, 3.63) is 71.9 Å². The van der Waals surface area contributed by atoms with Crippen molar-refractivity contribution in [1.82, 2.24) is 10.3 Å². The topological polar surface area (TPSA) is 80.5 Å². The van der Waals surface area contributed by atoms with Gasteiger partial charge >= 0.3 is 0 Å². The van der Waals surface area contributed by atoms with Gasteiger partial charge in [0.2, 0.25) is 0 Å². The number of carbonyl (C=O) groups excluding carboxylic acids is 1. The second-order valence-corrected chi connectivity index (χ2v) is 6.84. The first-order chi connectivity index (χ1) is 13.8. The number of rotatable bonds is 5. The van der Waals surface area contributed by atoms with Crippen LogP contribution >= 0.6 is 0 Å². The van der Waals surface area contributed by atoms with Gasteiger partial charge in [-0.15, -0.1) is 0 Å². The van der Waals surface area contributed by atoms with E-state index < -0.39 is 0 Å². The molecule has 0 aliphatic carbocycles. The minimum absolute atomic E-state index is 0.168. The van der Waals surface area contributed by atoms with E-state index >= 15 is 0 Å². The number of hydrogen-bond donors (Lipinski definition) is 2. The number of fused-ring (bicyclic) bond motifs is 1. The van der Waals surface area contributed by atoms with Gasteiger partial charge in [0, 0.05) is 25.8 Å². The van der Waals surface area contributed by atoms with Crippen molar-refractivity contribution in [2.45, 2.75) is 6.04 Å². The van der Waals surface area contributed by atoms with Gasteiger partial charge in [-0.2, -0.15) is 0 Å². The molecule has 1 amide bonds. The fourth-order valence-electron chi connectivity index (χ4n) is 3.54. The lowest BCUT2D eigenvalue weighted by molar-refractivity contribution is 0.0936. The lowest BCUT2D eigenvalue weighted by Crippen LogP contribution is -2.39. The number of benzene rings is 2. The number of carbonyl (C=O) groups is 1. The number of pyridine rings is 1. The van der Waals surface area contributed by atoms with Crippen molar-refractivity contribution in [2.75, 3.05) is 37.7 Å². The van der Waals surface area contributed by atoms with Crippen LogP contribution in [0.25, 0.3) is 10.8 Å². The van der Waals surface area contributed by atoms with E-state index in [-0.39, 0.29) is 11.9 Å². The van der Waals surface area contributed by atoms with E-state index in [1.54, 1.807) is 18.3 Å². The quantitative estimate of drug-likeness (QED) is 0.715. The molecular weight excluding hydrogens is 352 g/mol. The third-order valence-corrected chi connectivity index (χ3v) is 5.06. The molecule has 0 saturated carbocycles. The zero-order valence-corrected chi connectivity index (χ0v) is 15.7. The van der Waals surface area contributed by atoms with E-state index in [4.69, 9.17) is 10.5 Å². The molecule has 3 N–H and O–H groups in total. The van der Waals surface area contributed by atoms with Gasteiger partial charge in [0.15, 0.2) is 0 Å². The second-order valence-electron chi connectivity index (χ2n) is 6.84. The van der Waals surface area contributed by atoms with Crippen molar-refractivity contribution in [1.29, 1.82) is 0 Å². The molecule has 1 fully saturated rings. The number of hydrogen-bond acceptors (Lipinski definition) is 5. The largest absolute Gasteiger partial charge is 0.378 e. The molecule has 1 saturated heterocycles. The van der Waals surface area contributed by atoms with Crippen LogP contribution in [0.4, 0.5) is 5.82 Å². The molecule has 0 bridgehead atoms. The lowest BCUT2D eigenvalue weighted by atomic mass is 10.0. The predicted octanol–water partition coefficient (Wildman–Crippen LogP) is 2.50. The number of aromatic nitrogens is 1. The van der Waals surface area contributed by atoms with Crippen LogP contribution in [0, 0.1) is 0 Å². The highest BCUT2D eigenvalue weighted by atomic mass is 16.5. The summed E-state index contributed by atoms with van der Waals surface area (Å²) in [6.45, 7) is 3.04. The van der Waals surface area contributed by atoms with E-state index in [0.29, 0.717) is 31.1 Å². The van der Waals surface area contributed by atoms with Crippen LogP contribution in [-0.2, 0) is 4.74 Å². The molecule has 1 aliphatic rings. The Morgan fingerprint density at radius 2 is 1.89 bits per heavy atom. The maximum Gasteiger partial charge on any atom is 0.255 e. The van der Waals surface area contributed by atoms with Crippen LogP contribution in [-0.4, -0.2) is 43.7 Å². The summed E-state index contributed by atoms with van der Waals surface area (Å²) in [6.07, 6.45) is 1.71. The van der Waals surface area contributed by atoms with Crippen molar-refractivity contribution < 1.29 is 9.53 Å². The highest BCUT2D eigenvalue weighted by Gasteiger charge is 2.22. The third kappa shape index (κ3) is 3.83. The zero-order chi connectivity index (χ0) is 19.3. The first-order valence-electron chi connectivity index (χ1n) is 9.53. The maximum atomic E-state index is 13.0. The molecule has 6 nitrogen and oxygen atoms in total. The van der Waals surface area contributed by atoms with Gasteiger partial charge in [-0.05, 0) is 34.5 Å². The van der Waals surface area contributed by atoms with Crippen molar-refractivity contribution in [2.24, 2.45) is 5.73 Å². The summed E-state index contributed by atoms with van der Waals surface area (Å²) in [4.78, 5) is 19.6. The fraction of sp³-hybridized carbons (Fsp3) is 0.273. The van der Waals surface area contributed by atoms with Crippen molar-refractivity contribution in [3.63, 3.8) is 0 Å². The van der Waals surface area contributed by atoms with Crippen molar-refractivity contribution >= 4 is 22.5 Å². The molecule has 144 valence electrons. The lowest BCUT2D eigenvalue weighted by Gasteiger charge is -2.29. The van der Waals surface area contributed by atoms with Crippen LogP contribution in [0.3, 0.4) is 0 Å². The van der Waals surface area contributed by atoms with Crippen LogP contribution in [0.5, 0.6) is 0 Å². The van der Waals surface area contributed by atoms with Gasteiger partial charge in [0.1, 0.15) is 5.82 Å². The van der Waals surface area contributed by atoms with Crippen LogP contribution < -0.4 is 16.0 Å². The Balaban J connectivity index is 1.57. The Morgan fingerprint density at radius 3 is 2.68 bits per heavy atom. The predicted molar refractivity (Wildman–Crippen MR) is 110 cm³/mol. The Labute approximate surface area is 164 Å². The average molecular weight is 376 g/mol. The molecule has 28 heavy (non-hydrogen) atoms. The van der Waals surface area contributed by atoms with E-state index in [9.17, 15) is 4.79 Å². The molecule has 1 unspecified atom stereocenters. The number of nitrogens with zero attached hydrogens (tertiary/aromatic N) is 2. The number of amides is 1. The first-order valence-corrected chi connectivity index (χ1v) is 9.53. The molecule has 3 aromatic rings. The molecule has 1 atom stereocenters. The summed E-state index contributed by atoms with van der Waals surface area (Å²) in [6, 6.07) is 17.6. The van der Waals surface area contributed by atoms with Crippen LogP contribution in [0.15, 0.2) is 60.8 Å². The Bertz CT molecular complexity index is 969. The zero-order valence-electron chi connectivity index (χ0n) is 15.7. The van der Waals surface area contributed by atoms with E-state index in [0.717, 1.165) is 29.4 Å². The number of ether oxygens (including phenoxy) is 1. The highest BCUT2D eigenvalue weighted by molar-refractivity contribution is 5.99. The van der Waals surface area contributed by atoms with Crippen LogP contribution in [0.1, 0.15) is 22.0 Å². The van der Waals surface area contributed by atoms with Gasteiger partial charge in [0.25, 0.3) is 5.91 Å². The summed E-state index contributed by atoms with van der Waals surface area (Å²) in [5.74, 6) is 0.524. The highest BCUT2D eigenvalue weighted by Crippen LogP contribution is 2.22. The molecule has 2 aromatic carbocycles. The van der Waals surface area contributed by atoms with Crippen molar-refractivity contribution in [3.8, 4) is 0 Å². The Morgan fingerprint density at radius 1 is 1.11 bits per heavy atom. The SMILES string of the molecule is NCC(NC(=O)c1cccnc1N1CCOCC1)c1ccc2ccccc2c1. The third-order valence-electron chi connectivity index (χ3n) is 5.06. The van der Waals surface area contributed by atoms with Crippen LogP contribution in [0.2, 0.25) is 0 Å². The first kappa shape index (κ1) is 18.4. The molecule has 4 rings (SSSR count). The monoisotopic (exact) mass is 376 g/mol. The molecule has 2 heterocycles. The smallest absolute Gasteiger partial charge is 0.255 e.